The topological polar surface area (TPSA) is 32.8 Å². The molecule has 4 nitrogen and oxygen atoms in total. The van der Waals surface area contributed by atoms with E-state index in [9.17, 15) is 0 Å². The van der Waals surface area contributed by atoms with E-state index in [1.54, 1.807) is 0 Å². The first-order valence-corrected chi connectivity index (χ1v) is 21.6. The van der Waals surface area contributed by atoms with Crippen LogP contribution in [0.2, 0.25) is 0 Å². The highest BCUT2D eigenvalue weighted by atomic mass is 16.3. The molecule has 0 aliphatic heterocycles. The van der Waals surface area contributed by atoms with Crippen molar-refractivity contribution in [1.29, 1.82) is 0 Å². The number of para-hydroxylation sites is 2. The Hall–Kier alpha value is -8.60. The number of fused-ring (bicyclic) bond motifs is 6. The summed E-state index contributed by atoms with van der Waals surface area (Å²) in [6.45, 7) is 0. The fraction of sp³-hybridized carbons (Fsp3) is 0. The summed E-state index contributed by atoms with van der Waals surface area (Å²) in [5, 5.41) is 4.41. The minimum Gasteiger partial charge on any atom is -0.456 e. The molecule has 0 unspecified atom stereocenters. The zero-order chi connectivity index (χ0) is 42.4. The second-order valence-electron chi connectivity index (χ2n) is 16.1. The standard InChI is InChI=1S/C60H40N2O2/c1-3-11-41(12-4-1)43-19-27-47(28-20-43)61(48-29-21-44(22-30-48)42-13-5-2-6-14-42)49-31-23-45(24-32-49)46-25-33-50(34-26-46)62(51-35-37-55-53-15-7-9-17-57(53)63-59(55)39-51)52-36-38-56-54-16-8-10-18-58(54)64-60(56)40-52/h1-40H. The lowest BCUT2D eigenvalue weighted by molar-refractivity contribution is 0.669. The molecule has 0 saturated heterocycles. The smallest absolute Gasteiger partial charge is 0.137 e. The monoisotopic (exact) mass is 820 g/mol. The minimum absolute atomic E-state index is 0.846. The van der Waals surface area contributed by atoms with Crippen molar-refractivity contribution < 1.29 is 8.83 Å². The Kier molecular flexibility index (Phi) is 9.12. The highest BCUT2D eigenvalue weighted by Gasteiger charge is 2.19. The van der Waals surface area contributed by atoms with Crippen molar-refractivity contribution >= 4 is 78.0 Å². The quantitative estimate of drug-likeness (QED) is 0.145. The van der Waals surface area contributed by atoms with Gasteiger partial charge in [-0.15, -0.1) is 0 Å². The molecule has 0 N–H and O–H groups in total. The Bertz CT molecular complexity index is 3380. The average molecular weight is 821 g/mol. The molecule has 0 saturated carbocycles. The predicted octanol–water partition coefficient (Wildman–Crippen LogP) is 17.4. The first-order chi connectivity index (χ1) is 31.7. The summed E-state index contributed by atoms with van der Waals surface area (Å²) >= 11 is 0. The van der Waals surface area contributed by atoms with Gasteiger partial charge in [0, 0.05) is 67.8 Å². The molecular weight excluding hydrogens is 781 g/mol. The van der Waals surface area contributed by atoms with Gasteiger partial charge in [0.05, 0.1) is 0 Å². The molecule has 12 rings (SSSR count). The minimum atomic E-state index is 0.846. The van der Waals surface area contributed by atoms with E-state index < -0.39 is 0 Å². The van der Waals surface area contributed by atoms with Gasteiger partial charge >= 0.3 is 0 Å². The van der Waals surface area contributed by atoms with Gasteiger partial charge < -0.3 is 18.6 Å². The van der Waals surface area contributed by atoms with Gasteiger partial charge in [0.15, 0.2) is 0 Å². The molecular formula is C60H40N2O2. The van der Waals surface area contributed by atoms with E-state index in [1.165, 1.54) is 22.3 Å². The maximum Gasteiger partial charge on any atom is 0.137 e. The number of anilines is 6. The van der Waals surface area contributed by atoms with Crippen LogP contribution in [0.3, 0.4) is 0 Å². The third kappa shape index (κ3) is 6.75. The van der Waals surface area contributed by atoms with Gasteiger partial charge in [-0.2, -0.15) is 0 Å². The third-order valence-corrected chi connectivity index (χ3v) is 12.3. The molecule has 10 aromatic carbocycles. The molecule has 302 valence electrons. The normalized spacial score (nSPS) is 11.4. The van der Waals surface area contributed by atoms with Gasteiger partial charge in [-0.05, 0) is 118 Å². The number of hydrogen-bond acceptors (Lipinski definition) is 4. The van der Waals surface area contributed by atoms with Crippen molar-refractivity contribution in [1.82, 2.24) is 0 Å². The van der Waals surface area contributed by atoms with Crippen LogP contribution in [-0.2, 0) is 0 Å². The van der Waals surface area contributed by atoms with Crippen LogP contribution in [0.5, 0.6) is 0 Å². The third-order valence-electron chi connectivity index (χ3n) is 12.3. The molecule has 2 aromatic heterocycles. The molecule has 0 amide bonds. The Morgan fingerprint density at radius 1 is 0.203 bits per heavy atom. The van der Waals surface area contributed by atoms with Crippen molar-refractivity contribution in [3.8, 4) is 33.4 Å². The maximum absolute atomic E-state index is 6.38. The molecule has 0 atom stereocenters. The van der Waals surface area contributed by atoms with Crippen LogP contribution >= 0.6 is 0 Å². The summed E-state index contributed by atoms with van der Waals surface area (Å²) in [7, 11) is 0. The van der Waals surface area contributed by atoms with Gasteiger partial charge in [-0.25, -0.2) is 0 Å². The molecule has 2 heterocycles. The largest absolute Gasteiger partial charge is 0.456 e. The summed E-state index contributed by atoms with van der Waals surface area (Å²) in [6, 6.07) is 85.8. The highest BCUT2D eigenvalue weighted by molar-refractivity contribution is 6.08. The maximum atomic E-state index is 6.38. The van der Waals surface area contributed by atoms with Gasteiger partial charge in [-0.3, -0.25) is 0 Å². The first-order valence-electron chi connectivity index (χ1n) is 21.6. The van der Waals surface area contributed by atoms with E-state index >= 15 is 0 Å². The Morgan fingerprint density at radius 2 is 0.469 bits per heavy atom. The number of nitrogens with zero attached hydrogens (tertiary/aromatic N) is 2. The molecule has 0 bridgehead atoms. The van der Waals surface area contributed by atoms with Crippen molar-refractivity contribution in [3.05, 3.63) is 243 Å². The zero-order valence-corrected chi connectivity index (χ0v) is 34.8. The lowest BCUT2D eigenvalue weighted by atomic mass is 10.0. The summed E-state index contributed by atoms with van der Waals surface area (Å²) in [4.78, 5) is 4.60. The van der Waals surface area contributed by atoms with Crippen LogP contribution in [0.15, 0.2) is 251 Å². The van der Waals surface area contributed by atoms with Gasteiger partial charge in [0.1, 0.15) is 22.3 Å². The van der Waals surface area contributed by atoms with E-state index in [1.807, 2.05) is 24.3 Å². The molecule has 0 aliphatic rings. The molecule has 0 fully saturated rings. The van der Waals surface area contributed by atoms with E-state index in [-0.39, 0.29) is 0 Å². The predicted molar refractivity (Wildman–Crippen MR) is 267 cm³/mol. The summed E-state index contributed by atoms with van der Waals surface area (Å²) in [5.74, 6) is 0. The highest BCUT2D eigenvalue weighted by Crippen LogP contribution is 2.42. The van der Waals surface area contributed by atoms with Crippen LogP contribution < -0.4 is 9.80 Å². The van der Waals surface area contributed by atoms with E-state index in [0.29, 0.717) is 0 Å². The first kappa shape index (κ1) is 37.2. The van der Waals surface area contributed by atoms with Gasteiger partial charge in [0.25, 0.3) is 0 Å². The molecule has 0 spiro atoms. The lowest BCUT2D eigenvalue weighted by Crippen LogP contribution is -2.10. The SMILES string of the molecule is c1ccc(-c2ccc(N(c3ccc(-c4ccccc4)cc3)c3ccc(-c4ccc(N(c5ccc6c(c5)oc5ccccc56)c5ccc6c(c5)oc5ccccc56)cc4)cc3)cc2)cc1. The van der Waals surface area contributed by atoms with Crippen LogP contribution in [0.4, 0.5) is 34.1 Å². The Balaban J connectivity index is 0.896. The van der Waals surface area contributed by atoms with Crippen LogP contribution in [0.1, 0.15) is 0 Å². The van der Waals surface area contributed by atoms with Crippen molar-refractivity contribution in [2.24, 2.45) is 0 Å². The second kappa shape index (κ2) is 15.7. The van der Waals surface area contributed by atoms with Crippen molar-refractivity contribution in [3.63, 3.8) is 0 Å². The second-order valence-corrected chi connectivity index (χ2v) is 16.1. The van der Waals surface area contributed by atoms with Crippen LogP contribution in [0.25, 0.3) is 77.3 Å². The van der Waals surface area contributed by atoms with Crippen molar-refractivity contribution in [2.75, 3.05) is 9.80 Å². The van der Waals surface area contributed by atoms with Crippen molar-refractivity contribution in [2.45, 2.75) is 0 Å². The fourth-order valence-corrected chi connectivity index (χ4v) is 9.07. The van der Waals surface area contributed by atoms with E-state index in [0.717, 1.165) is 89.1 Å². The van der Waals surface area contributed by atoms with E-state index in [2.05, 4.69) is 228 Å². The molecule has 64 heavy (non-hydrogen) atoms. The number of rotatable bonds is 9. The number of benzene rings is 10. The average Bonchev–Trinajstić information content (AvgIpc) is 3.93. The number of furan rings is 2. The molecule has 12 aromatic rings. The molecule has 4 heteroatoms. The van der Waals surface area contributed by atoms with E-state index in [4.69, 9.17) is 8.83 Å². The van der Waals surface area contributed by atoms with Gasteiger partial charge in [0.2, 0.25) is 0 Å². The van der Waals surface area contributed by atoms with Crippen LogP contribution in [-0.4, -0.2) is 0 Å². The van der Waals surface area contributed by atoms with Gasteiger partial charge in [-0.1, -0.05) is 146 Å². The fourth-order valence-electron chi connectivity index (χ4n) is 9.07. The van der Waals surface area contributed by atoms with Crippen LogP contribution in [0, 0.1) is 0 Å². The summed E-state index contributed by atoms with van der Waals surface area (Å²) in [6.07, 6.45) is 0. The molecule has 0 radical (unpaired) electrons. The summed E-state index contributed by atoms with van der Waals surface area (Å²) < 4.78 is 12.8. The lowest BCUT2D eigenvalue weighted by Gasteiger charge is -2.26. The Labute approximate surface area is 371 Å². The Morgan fingerprint density at radius 3 is 0.828 bits per heavy atom. The molecule has 0 aliphatic carbocycles. The zero-order valence-electron chi connectivity index (χ0n) is 34.8. The summed E-state index contributed by atoms with van der Waals surface area (Å²) in [5.41, 5.74) is 16.7. The number of hydrogen-bond donors (Lipinski definition) is 0.